The minimum Gasteiger partial charge on any atom is -0.340 e. The van der Waals surface area contributed by atoms with Crippen molar-refractivity contribution in [3.8, 4) is 0 Å². The van der Waals surface area contributed by atoms with Crippen LogP contribution < -0.4 is 5.32 Å². The van der Waals surface area contributed by atoms with Crippen molar-refractivity contribution in [1.82, 2.24) is 15.3 Å². The number of carbonyl (C=O) groups is 1. The maximum atomic E-state index is 12.3. The summed E-state index contributed by atoms with van der Waals surface area (Å²) in [5.74, 6) is -0.182. The average Bonchev–Trinajstić information content (AvgIpc) is 2.67. The largest absolute Gasteiger partial charge is 0.340 e. The number of hydrogen-bond acceptors (Lipinski definition) is 3. The lowest BCUT2D eigenvalue weighted by Crippen LogP contribution is -2.28. The molecule has 24 heavy (non-hydrogen) atoms. The van der Waals surface area contributed by atoms with Gasteiger partial charge in [0.05, 0.1) is 11.7 Å². The number of hydrogen-bond donors (Lipinski definition) is 1. The number of pyridine rings is 2. The molecule has 3 rings (SSSR count). The molecule has 2 heterocycles. The highest BCUT2D eigenvalue weighted by Gasteiger charge is 2.16. The van der Waals surface area contributed by atoms with Crippen LogP contribution in [0.5, 0.6) is 0 Å². The van der Waals surface area contributed by atoms with E-state index in [2.05, 4.69) is 15.3 Å². The molecule has 1 aromatic carbocycles. The van der Waals surface area contributed by atoms with Crippen molar-refractivity contribution in [3.63, 3.8) is 0 Å². The minimum absolute atomic E-state index is 0.182. The second-order valence-electron chi connectivity index (χ2n) is 5.23. The summed E-state index contributed by atoms with van der Waals surface area (Å²) in [6.07, 6.45) is 8.38. The third-order valence-electron chi connectivity index (χ3n) is 3.51. The zero-order valence-electron chi connectivity index (χ0n) is 13.0. The van der Waals surface area contributed by atoms with Gasteiger partial charge in [-0.15, -0.1) is 0 Å². The van der Waals surface area contributed by atoms with Crippen LogP contribution in [0.3, 0.4) is 0 Å². The van der Waals surface area contributed by atoms with Crippen molar-refractivity contribution >= 4 is 12.0 Å². The summed E-state index contributed by atoms with van der Waals surface area (Å²) in [5, 5.41) is 3.01. The highest BCUT2D eigenvalue weighted by atomic mass is 16.1. The molecule has 0 saturated heterocycles. The van der Waals surface area contributed by atoms with Crippen molar-refractivity contribution in [3.05, 3.63) is 102 Å². The maximum absolute atomic E-state index is 12.3. The predicted molar refractivity (Wildman–Crippen MR) is 93.9 cm³/mol. The Bertz CT molecular complexity index is 763. The number of nitrogens with one attached hydrogen (secondary N) is 1. The number of carbonyl (C=O) groups excluding carboxylic acids is 1. The van der Waals surface area contributed by atoms with Crippen molar-refractivity contribution in [2.24, 2.45) is 0 Å². The van der Waals surface area contributed by atoms with E-state index in [9.17, 15) is 4.79 Å². The molecule has 0 aliphatic carbocycles. The van der Waals surface area contributed by atoms with Crippen LogP contribution in [0.1, 0.15) is 22.9 Å². The van der Waals surface area contributed by atoms with Crippen LogP contribution in [0.25, 0.3) is 6.08 Å². The van der Waals surface area contributed by atoms with Crippen molar-refractivity contribution in [1.29, 1.82) is 0 Å². The lowest BCUT2D eigenvalue weighted by Gasteiger charge is -2.17. The SMILES string of the molecule is O=C(/C=C/c1cccnc1)NC(c1ccccc1)c1ccccn1. The minimum atomic E-state index is -0.293. The van der Waals surface area contributed by atoms with Crippen molar-refractivity contribution in [2.45, 2.75) is 6.04 Å². The molecule has 1 atom stereocenters. The van der Waals surface area contributed by atoms with E-state index in [0.29, 0.717) is 0 Å². The van der Waals surface area contributed by atoms with E-state index in [4.69, 9.17) is 0 Å². The molecule has 0 bridgehead atoms. The van der Waals surface area contributed by atoms with Gasteiger partial charge in [0.15, 0.2) is 0 Å². The Balaban J connectivity index is 1.80. The first kappa shape index (κ1) is 15.6. The second kappa shape index (κ2) is 7.83. The van der Waals surface area contributed by atoms with Gasteiger partial charge in [0.2, 0.25) is 5.91 Å². The third-order valence-corrected chi connectivity index (χ3v) is 3.51. The molecule has 2 aromatic heterocycles. The van der Waals surface area contributed by atoms with E-state index >= 15 is 0 Å². The molecule has 4 heteroatoms. The van der Waals surface area contributed by atoms with Gasteiger partial charge in [-0.05, 0) is 35.4 Å². The van der Waals surface area contributed by atoms with Gasteiger partial charge in [0.1, 0.15) is 0 Å². The molecule has 0 saturated carbocycles. The quantitative estimate of drug-likeness (QED) is 0.734. The van der Waals surface area contributed by atoms with Gasteiger partial charge in [-0.3, -0.25) is 14.8 Å². The fourth-order valence-corrected chi connectivity index (χ4v) is 2.36. The number of amides is 1. The first-order valence-corrected chi connectivity index (χ1v) is 7.67. The van der Waals surface area contributed by atoms with E-state index in [1.54, 1.807) is 24.7 Å². The smallest absolute Gasteiger partial charge is 0.244 e. The van der Waals surface area contributed by atoms with E-state index in [1.165, 1.54) is 6.08 Å². The Morgan fingerprint density at radius 3 is 2.50 bits per heavy atom. The lowest BCUT2D eigenvalue weighted by molar-refractivity contribution is -0.116. The Labute approximate surface area is 140 Å². The molecule has 0 aliphatic heterocycles. The van der Waals surface area contributed by atoms with Crippen LogP contribution in [0.2, 0.25) is 0 Å². The summed E-state index contributed by atoms with van der Waals surface area (Å²) >= 11 is 0. The van der Waals surface area contributed by atoms with Crippen LogP contribution in [0.15, 0.2) is 85.3 Å². The molecule has 1 unspecified atom stereocenters. The first-order valence-electron chi connectivity index (χ1n) is 7.67. The zero-order chi connectivity index (χ0) is 16.6. The van der Waals surface area contributed by atoms with Gasteiger partial charge >= 0.3 is 0 Å². The van der Waals surface area contributed by atoms with Crippen LogP contribution >= 0.6 is 0 Å². The number of nitrogens with zero attached hydrogens (tertiary/aromatic N) is 2. The molecule has 1 N–H and O–H groups in total. The molecule has 1 amide bonds. The average molecular weight is 315 g/mol. The van der Waals surface area contributed by atoms with Crippen LogP contribution in [0.4, 0.5) is 0 Å². The summed E-state index contributed by atoms with van der Waals surface area (Å²) in [6.45, 7) is 0. The normalized spacial score (nSPS) is 12.0. The third kappa shape index (κ3) is 4.14. The lowest BCUT2D eigenvalue weighted by atomic mass is 10.0. The summed E-state index contributed by atoms with van der Waals surface area (Å²) < 4.78 is 0. The Hall–Kier alpha value is -3.27. The Morgan fingerprint density at radius 1 is 0.958 bits per heavy atom. The van der Waals surface area contributed by atoms with E-state index in [-0.39, 0.29) is 11.9 Å². The molecule has 118 valence electrons. The standard InChI is InChI=1S/C20H17N3O/c24-19(12-11-16-7-6-13-21-15-16)23-20(17-8-2-1-3-9-17)18-10-4-5-14-22-18/h1-15,20H,(H,23,24)/b12-11+. The van der Waals surface area contributed by atoms with Gasteiger partial charge in [-0.1, -0.05) is 42.5 Å². The van der Waals surface area contributed by atoms with Crippen LogP contribution in [0, 0.1) is 0 Å². The second-order valence-corrected chi connectivity index (χ2v) is 5.23. The van der Waals surface area contributed by atoms with Crippen LogP contribution in [-0.4, -0.2) is 15.9 Å². The Morgan fingerprint density at radius 2 is 1.79 bits per heavy atom. The van der Waals surface area contributed by atoms with E-state index < -0.39 is 0 Å². The number of rotatable bonds is 5. The summed E-state index contributed by atoms with van der Waals surface area (Å²) in [6, 6.07) is 18.9. The molecule has 0 spiro atoms. The van der Waals surface area contributed by atoms with Gasteiger partial charge in [0, 0.05) is 24.7 Å². The van der Waals surface area contributed by atoms with Gasteiger partial charge in [-0.25, -0.2) is 0 Å². The van der Waals surface area contributed by atoms with E-state index in [1.807, 2.05) is 60.7 Å². The molecule has 4 nitrogen and oxygen atoms in total. The fraction of sp³-hybridized carbons (Fsp3) is 0.0500. The summed E-state index contributed by atoms with van der Waals surface area (Å²) in [7, 11) is 0. The van der Waals surface area contributed by atoms with Gasteiger partial charge < -0.3 is 5.32 Å². The number of aromatic nitrogens is 2. The zero-order valence-corrected chi connectivity index (χ0v) is 13.0. The fourth-order valence-electron chi connectivity index (χ4n) is 2.36. The summed E-state index contributed by atoms with van der Waals surface area (Å²) in [5.41, 5.74) is 2.66. The molecule has 0 radical (unpaired) electrons. The summed E-state index contributed by atoms with van der Waals surface area (Å²) in [4.78, 5) is 20.7. The number of benzene rings is 1. The van der Waals surface area contributed by atoms with E-state index in [0.717, 1.165) is 16.8 Å². The predicted octanol–water partition coefficient (Wildman–Crippen LogP) is 3.40. The van der Waals surface area contributed by atoms with Gasteiger partial charge in [-0.2, -0.15) is 0 Å². The first-order chi connectivity index (χ1) is 11.8. The highest BCUT2D eigenvalue weighted by molar-refractivity contribution is 5.92. The molecular weight excluding hydrogens is 298 g/mol. The molecular formula is C20H17N3O. The molecule has 0 aliphatic rings. The monoisotopic (exact) mass is 315 g/mol. The Kier molecular flexibility index (Phi) is 5.10. The van der Waals surface area contributed by atoms with Crippen molar-refractivity contribution in [2.75, 3.05) is 0 Å². The van der Waals surface area contributed by atoms with Crippen LogP contribution in [-0.2, 0) is 4.79 Å². The molecule has 3 aromatic rings. The maximum Gasteiger partial charge on any atom is 0.244 e. The van der Waals surface area contributed by atoms with Gasteiger partial charge in [0.25, 0.3) is 0 Å². The molecule has 0 fully saturated rings. The highest BCUT2D eigenvalue weighted by Crippen LogP contribution is 2.19. The van der Waals surface area contributed by atoms with Crippen molar-refractivity contribution < 1.29 is 4.79 Å². The topological polar surface area (TPSA) is 54.9 Å².